The smallest absolute Gasteiger partial charge is 0.322 e. The molecule has 0 spiro atoms. The van der Waals surface area contributed by atoms with Crippen LogP contribution in [0.3, 0.4) is 0 Å². The average molecular weight is 459 g/mol. The predicted octanol–water partition coefficient (Wildman–Crippen LogP) is 6.65. The Kier molecular flexibility index (Phi) is 5.11. The van der Waals surface area contributed by atoms with Crippen LogP contribution >= 0.6 is 0 Å². The van der Waals surface area contributed by atoms with Crippen LogP contribution in [0.5, 0.6) is 17.5 Å². The maximum atomic E-state index is 6.06. The number of benzene rings is 3. The zero-order valence-electron chi connectivity index (χ0n) is 19.3. The lowest BCUT2D eigenvalue weighted by molar-refractivity contribution is 0.415. The fraction of sp³-hybridized carbons (Fsp3) is 0.0690. The molecule has 6 nitrogen and oxygen atoms in total. The van der Waals surface area contributed by atoms with Crippen LogP contribution in [0.2, 0.25) is 0 Å². The van der Waals surface area contributed by atoms with E-state index in [9.17, 15) is 0 Å². The van der Waals surface area contributed by atoms with Crippen molar-refractivity contribution in [2.45, 2.75) is 0 Å². The molecule has 3 aromatic heterocycles. The first-order valence-electron chi connectivity index (χ1n) is 11.3. The Labute approximate surface area is 202 Å². The van der Waals surface area contributed by atoms with E-state index in [0.717, 1.165) is 50.1 Å². The number of pyridine rings is 1. The highest BCUT2D eigenvalue weighted by atomic mass is 16.5. The fourth-order valence-electron chi connectivity index (χ4n) is 4.25. The Hall–Kier alpha value is -4.71. The number of ether oxygens (including phenoxy) is 2. The van der Waals surface area contributed by atoms with Crippen molar-refractivity contribution in [3.05, 3.63) is 97.3 Å². The van der Waals surface area contributed by atoms with E-state index < -0.39 is 0 Å². The van der Waals surface area contributed by atoms with E-state index in [1.807, 2.05) is 73.8 Å². The molecule has 3 aromatic carbocycles. The van der Waals surface area contributed by atoms with Gasteiger partial charge in [0.05, 0.1) is 29.4 Å². The second kappa shape index (κ2) is 8.57. The number of hydrogen-bond donors (Lipinski definition) is 0. The number of aryl methyl sites for hydroxylation is 1. The molecule has 6 rings (SSSR count). The van der Waals surface area contributed by atoms with Crippen LogP contribution in [0.4, 0.5) is 0 Å². The van der Waals surface area contributed by atoms with Crippen molar-refractivity contribution in [1.82, 2.24) is 19.5 Å². The van der Waals surface area contributed by atoms with Crippen molar-refractivity contribution in [2.24, 2.45) is 7.05 Å². The molecule has 170 valence electrons. The molecule has 6 heteroatoms. The number of para-hydroxylation sites is 1. The molecule has 35 heavy (non-hydrogen) atoms. The molecule has 0 saturated heterocycles. The molecular weight excluding hydrogens is 436 g/mol. The predicted molar refractivity (Wildman–Crippen MR) is 138 cm³/mol. The minimum absolute atomic E-state index is 0.289. The van der Waals surface area contributed by atoms with Crippen LogP contribution in [0.1, 0.15) is 0 Å². The lowest BCUT2D eigenvalue weighted by Gasteiger charge is -2.08. The molecule has 0 fully saturated rings. The van der Waals surface area contributed by atoms with Gasteiger partial charge >= 0.3 is 6.01 Å². The normalized spacial score (nSPS) is 11.1. The van der Waals surface area contributed by atoms with Crippen molar-refractivity contribution in [3.63, 3.8) is 0 Å². The third kappa shape index (κ3) is 3.95. The van der Waals surface area contributed by atoms with Crippen LogP contribution in [0.25, 0.3) is 44.3 Å². The minimum Gasteiger partial charge on any atom is -0.497 e. The Bertz CT molecular complexity index is 1670. The molecule has 3 heterocycles. The topological polar surface area (TPSA) is 62.1 Å². The van der Waals surface area contributed by atoms with Gasteiger partial charge in [-0.2, -0.15) is 4.98 Å². The van der Waals surface area contributed by atoms with Gasteiger partial charge in [0.25, 0.3) is 0 Å². The maximum absolute atomic E-state index is 6.06. The standard InChI is InChI=1S/C29H22N4O2/c1-33-18-24(28-27(33)17-21-6-3-4-9-25(21)31-28)20-7-5-8-23(16-20)35-29-30-15-14-26(32-29)19-10-12-22(34-2)13-11-19/h3-18H,1-2H3. The minimum atomic E-state index is 0.289. The average Bonchev–Trinajstić information content (AvgIpc) is 3.23. The van der Waals surface area contributed by atoms with Gasteiger partial charge in [-0.3, -0.25) is 0 Å². The van der Waals surface area contributed by atoms with E-state index in [1.54, 1.807) is 13.3 Å². The lowest BCUT2D eigenvalue weighted by Crippen LogP contribution is -1.94. The van der Waals surface area contributed by atoms with Gasteiger partial charge in [-0.1, -0.05) is 30.3 Å². The Balaban J connectivity index is 1.34. The lowest BCUT2D eigenvalue weighted by atomic mass is 10.1. The van der Waals surface area contributed by atoms with Crippen LogP contribution in [-0.4, -0.2) is 26.6 Å². The molecule has 0 unspecified atom stereocenters. The Morgan fingerprint density at radius 1 is 0.771 bits per heavy atom. The zero-order valence-corrected chi connectivity index (χ0v) is 19.3. The van der Waals surface area contributed by atoms with E-state index >= 15 is 0 Å². The quantitative estimate of drug-likeness (QED) is 0.289. The van der Waals surface area contributed by atoms with Crippen molar-refractivity contribution in [1.29, 1.82) is 0 Å². The van der Waals surface area contributed by atoms with Gasteiger partial charge < -0.3 is 14.0 Å². The fourth-order valence-corrected chi connectivity index (χ4v) is 4.25. The SMILES string of the molecule is COc1ccc(-c2ccnc(Oc3cccc(-c4cn(C)c5cc6ccccc6nc45)c3)n2)cc1. The number of fused-ring (bicyclic) bond motifs is 2. The third-order valence-electron chi connectivity index (χ3n) is 6.04. The highest BCUT2D eigenvalue weighted by Crippen LogP contribution is 2.33. The van der Waals surface area contributed by atoms with Gasteiger partial charge in [-0.15, -0.1) is 0 Å². The van der Waals surface area contributed by atoms with Crippen molar-refractivity contribution in [2.75, 3.05) is 7.11 Å². The van der Waals surface area contributed by atoms with Crippen molar-refractivity contribution in [3.8, 4) is 39.9 Å². The van der Waals surface area contributed by atoms with Gasteiger partial charge in [0.1, 0.15) is 11.5 Å². The molecule has 0 aliphatic heterocycles. The number of methoxy groups -OCH3 is 1. The molecule has 0 bridgehead atoms. The highest BCUT2D eigenvalue weighted by Gasteiger charge is 2.13. The molecular formula is C29H22N4O2. The first-order chi connectivity index (χ1) is 17.2. The summed E-state index contributed by atoms with van der Waals surface area (Å²) in [5.74, 6) is 1.46. The second-order valence-electron chi connectivity index (χ2n) is 8.29. The van der Waals surface area contributed by atoms with Gasteiger partial charge in [0.2, 0.25) is 0 Å². The Morgan fingerprint density at radius 3 is 2.49 bits per heavy atom. The van der Waals surface area contributed by atoms with E-state index in [4.69, 9.17) is 14.5 Å². The number of hydrogen-bond acceptors (Lipinski definition) is 5. The molecule has 0 atom stereocenters. The first-order valence-corrected chi connectivity index (χ1v) is 11.3. The van der Waals surface area contributed by atoms with E-state index in [1.165, 1.54) is 0 Å². The highest BCUT2D eigenvalue weighted by molar-refractivity contribution is 5.99. The summed E-state index contributed by atoms with van der Waals surface area (Å²) in [6.45, 7) is 0. The summed E-state index contributed by atoms with van der Waals surface area (Å²) < 4.78 is 13.4. The molecule has 6 aromatic rings. The first kappa shape index (κ1) is 20.9. The third-order valence-corrected chi connectivity index (χ3v) is 6.04. The summed E-state index contributed by atoms with van der Waals surface area (Å²) in [6, 6.07) is 28.2. The van der Waals surface area contributed by atoms with Crippen LogP contribution in [0, 0.1) is 0 Å². The monoisotopic (exact) mass is 458 g/mol. The summed E-state index contributed by atoms with van der Waals surface area (Å²) >= 11 is 0. The molecule has 0 amide bonds. The van der Waals surface area contributed by atoms with Gasteiger partial charge in [0, 0.05) is 36.0 Å². The zero-order chi connectivity index (χ0) is 23.8. The van der Waals surface area contributed by atoms with Gasteiger partial charge in [-0.25, -0.2) is 9.97 Å². The van der Waals surface area contributed by atoms with Gasteiger partial charge in [0.15, 0.2) is 0 Å². The summed E-state index contributed by atoms with van der Waals surface area (Å²) in [6.07, 6.45) is 3.81. The van der Waals surface area contributed by atoms with Crippen molar-refractivity contribution < 1.29 is 9.47 Å². The van der Waals surface area contributed by atoms with E-state index in [-0.39, 0.29) is 6.01 Å². The van der Waals surface area contributed by atoms with Crippen LogP contribution in [-0.2, 0) is 7.05 Å². The number of aromatic nitrogens is 4. The maximum Gasteiger partial charge on any atom is 0.322 e. The molecule has 0 aliphatic carbocycles. The summed E-state index contributed by atoms with van der Waals surface area (Å²) in [5.41, 5.74) is 6.82. The van der Waals surface area contributed by atoms with Crippen LogP contribution in [0.15, 0.2) is 97.3 Å². The number of rotatable bonds is 5. The van der Waals surface area contributed by atoms with E-state index in [0.29, 0.717) is 5.75 Å². The number of nitrogens with zero attached hydrogens (tertiary/aromatic N) is 4. The largest absolute Gasteiger partial charge is 0.497 e. The van der Waals surface area contributed by atoms with Crippen LogP contribution < -0.4 is 9.47 Å². The van der Waals surface area contributed by atoms with Gasteiger partial charge in [-0.05, 0) is 60.2 Å². The summed E-state index contributed by atoms with van der Waals surface area (Å²) in [5, 5.41) is 1.12. The summed E-state index contributed by atoms with van der Waals surface area (Å²) in [7, 11) is 3.69. The van der Waals surface area contributed by atoms with Crippen molar-refractivity contribution >= 4 is 21.9 Å². The summed E-state index contributed by atoms with van der Waals surface area (Å²) in [4.78, 5) is 13.9. The molecule has 0 aliphatic rings. The van der Waals surface area contributed by atoms with E-state index in [2.05, 4.69) is 38.9 Å². The Morgan fingerprint density at radius 2 is 1.63 bits per heavy atom. The molecule has 0 radical (unpaired) electrons. The molecule has 0 N–H and O–H groups in total. The second-order valence-corrected chi connectivity index (χ2v) is 8.29. The molecule has 0 saturated carbocycles.